The molecule has 0 bridgehead atoms. The summed E-state index contributed by atoms with van der Waals surface area (Å²) in [7, 11) is -4.53. The number of unbranched alkanes of at least 4 members (excludes halogenated alkanes) is 8. The van der Waals surface area contributed by atoms with Gasteiger partial charge in [-0.3, -0.25) is 9.35 Å². The van der Waals surface area contributed by atoms with Crippen molar-refractivity contribution in [2.45, 2.75) is 116 Å². The quantitative estimate of drug-likeness (QED) is 0.308. The van der Waals surface area contributed by atoms with Crippen molar-refractivity contribution in [3.63, 3.8) is 0 Å². The summed E-state index contributed by atoms with van der Waals surface area (Å²) in [6.07, 6.45) is 11.5. The van der Waals surface area contributed by atoms with Crippen LogP contribution in [0.2, 0.25) is 0 Å². The second-order valence-electron chi connectivity index (χ2n) is 8.46. The van der Waals surface area contributed by atoms with Gasteiger partial charge >= 0.3 is 10.4 Å². The summed E-state index contributed by atoms with van der Waals surface area (Å²) in [5.74, 6) is -0.0411. The first-order chi connectivity index (χ1) is 11.9. The lowest BCUT2D eigenvalue weighted by Gasteiger charge is -2.34. The van der Waals surface area contributed by atoms with Crippen LogP contribution in [-0.4, -0.2) is 30.0 Å². The third-order valence-electron chi connectivity index (χ3n) is 4.18. The van der Waals surface area contributed by atoms with Crippen molar-refractivity contribution in [1.29, 1.82) is 0 Å². The second-order valence-corrected chi connectivity index (χ2v) is 9.48. The minimum Gasteiger partial charge on any atom is -0.351 e. The van der Waals surface area contributed by atoms with Gasteiger partial charge in [-0.1, -0.05) is 58.3 Å². The van der Waals surface area contributed by atoms with Crippen molar-refractivity contribution >= 4 is 16.3 Å². The number of nitrogens with one attached hydrogen (secondary N) is 1. The molecule has 1 amide bonds. The van der Waals surface area contributed by atoms with Crippen molar-refractivity contribution in [3.05, 3.63) is 0 Å². The van der Waals surface area contributed by atoms with E-state index in [-0.39, 0.29) is 12.3 Å². The molecule has 0 aliphatic heterocycles. The molecule has 26 heavy (non-hydrogen) atoms. The van der Waals surface area contributed by atoms with Gasteiger partial charge in [-0.15, -0.1) is 0 Å². The van der Waals surface area contributed by atoms with Gasteiger partial charge < -0.3 is 5.32 Å². The third-order valence-corrected chi connectivity index (χ3v) is 4.85. The summed E-state index contributed by atoms with van der Waals surface area (Å²) >= 11 is 0. The maximum atomic E-state index is 12.1. The Kier molecular flexibility index (Phi) is 11.6. The minimum atomic E-state index is -4.53. The largest absolute Gasteiger partial charge is 0.397 e. The van der Waals surface area contributed by atoms with Crippen molar-refractivity contribution < 1.29 is 21.9 Å². The lowest BCUT2D eigenvalue weighted by molar-refractivity contribution is -0.123. The van der Waals surface area contributed by atoms with Gasteiger partial charge in [-0.25, -0.2) is 4.18 Å². The highest BCUT2D eigenvalue weighted by Gasteiger charge is 2.34. The predicted molar refractivity (Wildman–Crippen MR) is 105 cm³/mol. The summed E-state index contributed by atoms with van der Waals surface area (Å²) < 4.78 is 35.3. The van der Waals surface area contributed by atoms with Crippen LogP contribution in [0.15, 0.2) is 0 Å². The van der Waals surface area contributed by atoms with E-state index in [1.54, 1.807) is 13.8 Å². The van der Waals surface area contributed by atoms with E-state index >= 15 is 0 Å². The fourth-order valence-electron chi connectivity index (χ4n) is 3.46. The predicted octanol–water partition coefficient (Wildman–Crippen LogP) is 4.79. The van der Waals surface area contributed by atoms with Gasteiger partial charge in [-0.05, 0) is 40.5 Å². The van der Waals surface area contributed by atoms with E-state index in [1.807, 2.05) is 13.8 Å². The Bertz CT molecular complexity index is 500. The fraction of sp³-hybridized carbons (Fsp3) is 0.947. The van der Waals surface area contributed by atoms with Crippen LogP contribution in [0, 0.1) is 0 Å². The zero-order valence-electron chi connectivity index (χ0n) is 17.3. The number of rotatable bonds is 15. The molecule has 0 unspecified atom stereocenters. The molecule has 0 radical (unpaired) electrons. The van der Waals surface area contributed by atoms with Crippen LogP contribution in [0.4, 0.5) is 0 Å². The molecule has 0 atom stereocenters. The van der Waals surface area contributed by atoms with E-state index < -0.39 is 21.5 Å². The molecule has 0 heterocycles. The lowest BCUT2D eigenvalue weighted by Crippen LogP contribution is -2.48. The average Bonchev–Trinajstić information content (AvgIpc) is 2.40. The third kappa shape index (κ3) is 15.6. The highest BCUT2D eigenvalue weighted by Crippen LogP contribution is 2.25. The van der Waals surface area contributed by atoms with E-state index in [0.717, 1.165) is 19.3 Å². The molecule has 7 heteroatoms. The van der Waals surface area contributed by atoms with Crippen LogP contribution in [0.5, 0.6) is 0 Å². The van der Waals surface area contributed by atoms with Crippen LogP contribution < -0.4 is 5.32 Å². The van der Waals surface area contributed by atoms with E-state index in [9.17, 15) is 13.2 Å². The zero-order valence-corrected chi connectivity index (χ0v) is 18.1. The average molecular weight is 394 g/mol. The molecule has 0 aromatic heterocycles. The van der Waals surface area contributed by atoms with Gasteiger partial charge in [-0.2, -0.15) is 8.42 Å². The maximum absolute atomic E-state index is 12.1. The molecule has 0 aliphatic rings. The molecule has 0 fully saturated rings. The highest BCUT2D eigenvalue weighted by molar-refractivity contribution is 7.80. The van der Waals surface area contributed by atoms with Crippen LogP contribution in [0.25, 0.3) is 0 Å². The van der Waals surface area contributed by atoms with E-state index in [4.69, 9.17) is 4.55 Å². The van der Waals surface area contributed by atoms with Crippen molar-refractivity contribution in [1.82, 2.24) is 5.32 Å². The van der Waals surface area contributed by atoms with Crippen molar-refractivity contribution in [2.75, 3.05) is 0 Å². The van der Waals surface area contributed by atoms with Crippen LogP contribution >= 0.6 is 0 Å². The van der Waals surface area contributed by atoms with Crippen LogP contribution in [-0.2, 0) is 19.4 Å². The van der Waals surface area contributed by atoms with E-state index in [2.05, 4.69) is 16.4 Å². The van der Waals surface area contributed by atoms with Crippen LogP contribution in [0.1, 0.15) is 105 Å². The standard InChI is InChI=1S/C19H39NO5S/c1-6-7-8-9-10-11-12-13-14-15-17(21)20-18(2,3)16-19(4,5)25-26(22,23)24/h6-16H2,1-5H3,(H,20,21)(H,22,23,24). The van der Waals surface area contributed by atoms with Crippen LogP contribution in [0.3, 0.4) is 0 Å². The molecular formula is C19H39NO5S. The topological polar surface area (TPSA) is 92.7 Å². The summed E-state index contributed by atoms with van der Waals surface area (Å²) in [6.45, 7) is 8.98. The fourth-order valence-corrected chi connectivity index (χ4v) is 4.09. The lowest BCUT2D eigenvalue weighted by atomic mass is 9.89. The van der Waals surface area contributed by atoms with E-state index in [1.165, 1.54) is 38.5 Å². The molecule has 0 aromatic carbocycles. The molecule has 0 aliphatic carbocycles. The molecule has 0 saturated heterocycles. The first kappa shape index (κ1) is 25.3. The molecule has 0 rings (SSSR count). The van der Waals surface area contributed by atoms with Gasteiger partial charge in [0.15, 0.2) is 0 Å². The Labute approximate surface area is 160 Å². The number of amides is 1. The molecule has 2 N–H and O–H groups in total. The monoisotopic (exact) mass is 393 g/mol. The molecule has 0 aromatic rings. The molecular weight excluding hydrogens is 354 g/mol. The molecule has 156 valence electrons. The second kappa shape index (κ2) is 11.9. The maximum Gasteiger partial charge on any atom is 0.397 e. The first-order valence-electron chi connectivity index (χ1n) is 9.86. The Morgan fingerprint density at radius 2 is 1.38 bits per heavy atom. The molecule has 0 spiro atoms. The van der Waals surface area contributed by atoms with Gasteiger partial charge in [0.25, 0.3) is 0 Å². The summed E-state index contributed by atoms with van der Waals surface area (Å²) in [4.78, 5) is 12.1. The Morgan fingerprint density at radius 3 is 1.85 bits per heavy atom. The number of carbonyl (C=O) groups excluding carboxylic acids is 1. The molecule has 6 nitrogen and oxygen atoms in total. The Hall–Kier alpha value is -0.660. The van der Waals surface area contributed by atoms with Gasteiger partial charge in [0, 0.05) is 12.0 Å². The molecule has 0 saturated carbocycles. The Balaban J connectivity index is 3.99. The van der Waals surface area contributed by atoms with Gasteiger partial charge in [0.05, 0.1) is 5.60 Å². The summed E-state index contributed by atoms with van der Waals surface area (Å²) in [5, 5.41) is 2.93. The SMILES string of the molecule is CCCCCCCCCCCC(=O)NC(C)(C)CC(C)(C)OS(=O)(=O)O. The highest BCUT2D eigenvalue weighted by atomic mass is 32.3. The smallest absolute Gasteiger partial charge is 0.351 e. The van der Waals surface area contributed by atoms with Gasteiger partial charge in [0.2, 0.25) is 5.91 Å². The van der Waals surface area contributed by atoms with Crippen molar-refractivity contribution in [2.24, 2.45) is 0 Å². The minimum absolute atomic E-state index is 0.0411. The summed E-state index contributed by atoms with van der Waals surface area (Å²) in [6, 6.07) is 0. The van der Waals surface area contributed by atoms with E-state index in [0.29, 0.717) is 6.42 Å². The number of hydrogen-bond donors (Lipinski definition) is 2. The van der Waals surface area contributed by atoms with Crippen molar-refractivity contribution in [3.8, 4) is 0 Å². The number of carbonyl (C=O) groups is 1. The first-order valence-corrected chi connectivity index (χ1v) is 11.2. The number of hydrogen-bond acceptors (Lipinski definition) is 4. The normalized spacial score (nSPS) is 13.0. The van der Waals surface area contributed by atoms with Gasteiger partial charge in [0.1, 0.15) is 0 Å². The Morgan fingerprint density at radius 1 is 0.923 bits per heavy atom. The zero-order chi connectivity index (χ0) is 20.3. The summed E-state index contributed by atoms with van der Waals surface area (Å²) in [5.41, 5.74) is -1.74.